The van der Waals surface area contributed by atoms with Crippen LogP contribution in [0.25, 0.3) is 0 Å². The molecule has 1 aliphatic heterocycles. The van der Waals surface area contributed by atoms with Gasteiger partial charge in [-0.1, -0.05) is 26.7 Å². The number of piperidine rings is 1. The number of amides is 1. The zero-order valence-corrected chi connectivity index (χ0v) is 14.4. The molecule has 2 heterocycles. The van der Waals surface area contributed by atoms with Crippen LogP contribution in [0.1, 0.15) is 65.7 Å². The van der Waals surface area contributed by atoms with E-state index >= 15 is 0 Å². The number of hydrogen-bond acceptors (Lipinski definition) is 3. The van der Waals surface area contributed by atoms with Crippen molar-refractivity contribution in [3.8, 4) is 0 Å². The summed E-state index contributed by atoms with van der Waals surface area (Å²) >= 11 is 0. The number of H-pyrrole nitrogens is 1. The smallest absolute Gasteiger partial charge is 0.410 e. The maximum atomic E-state index is 12.6. The van der Waals surface area contributed by atoms with Crippen molar-refractivity contribution < 1.29 is 9.53 Å². The zero-order chi connectivity index (χ0) is 16.3. The van der Waals surface area contributed by atoms with E-state index < -0.39 is 5.60 Å². The fourth-order valence-corrected chi connectivity index (χ4v) is 3.39. The molecule has 1 saturated heterocycles. The van der Waals surface area contributed by atoms with Crippen molar-refractivity contribution in [3.05, 3.63) is 18.2 Å². The highest BCUT2D eigenvalue weighted by molar-refractivity contribution is 5.69. The third-order valence-corrected chi connectivity index (χ3v) is 4.41. The first-order valence-electron chi connectivity index (χ1n) is 8.32. The Morgan fingerprint density at radius 3 is 2.77 bits per heavy atom. The van der Waals surface area contributed by atoms with Crippen LogP contribution in [0, 0.1) is 11.8 Å². The zero-order valence-electron chi connectivity index (χ0n) is 14.4. The second kappa shape index (κ2) is 6.71. The lowest BCUT2D eigenvalue weighted by Gasteiger charge is -2.43. The molecule has 1 aromatic heterocycles. The molecule has 0 radical (unpaired) electrons. The number of nitrogens with zero attached hydrogens (tertiary/aromatic N) is 2. The van der Waals surface area contributed by atoms with Crippen molar-refractivity contribution in [2.75, 3.05) is 6.54 Å². The summed E-state index contributed by atoms with van der Waals surface area (Å²) in [5, 5.41) is 0. The molecular formula is C17H29N3O2. The van der Waals surface area contributed by atoms with Gasteiger partial charge in [-0.25, -0.2) is 9.78 Å². The van der Waals surface area contributed by atoms with E-state index in [1.54, 1.807) is 6.20 Å². The Balaban J connectivity index is 2.23. The molecule has 22 heavy (non-hydrogen) atoms. The van der Waals surface area contributed by atoms with Gasteiger partial charge in [0, 0.05) is 18.9 Å². The summed E-state index contributed by atoms with van der Waals surface area (Å²) in [5.74, 6) is 1.85. The van der Waals surface area contributed by atoms with Gasteiger partial charge in [0.1, 0.15) is 11.4 Å². The number of rotatable bonds is 3. The van der Waals surface area contributed by atoms with E-state index in [4.69, 9.17) is 4.74 Å². The Morgan fingerprint density at radius 1 is 1.50 bits per heavy atom. The molecule has 0 aliphatic carbocycles. The predicted octanol–water partition coefficient (Wildman–Crippen LogP) is 4.14. The number of carbonyl (C=O) groups excluding carboxylic acids is 1. The standard InChI is InChI=1S/C17H29N3O2/c1-6-7-13-8-11-20(16(21)22-17(3,4)5)14(12(13)2)15-18-9-10-19-15/h9-10,12-14H,6-8,11H2,1-5H3,(H,18,19). The summed E-state index contributed by atoms with van der Waals surface area (Å²) in [6.07, 6.45) is 6.73. The molecule has 5 heteroatoms. The number of aromatic nitrogens is 2. The summed E-state index contributed by atoms with van der Waals surface area (Å²) in [6, 6.07) is -0.0323. The Morgan fingerprint density at radius 2 is 2.23 bits per heavy atom. The number of imidazole rings is 1. The van der Waals surface area contributed by atoms with Crippen molar-refractivity contribution in [2.45, 2.75) is 65.5 Å². The molecule has 3 atom stereocenters. The Hall–Kier alpha value is -1.52. The van der Waals surface area contributed by atoms with Crippen LogP contribution < -0.4 is 0 Å². The molecule has 1 N–H and O–H groups in total. The third kappa shape index (κ3) is 3.81. The summed E-state index contributed by atoms with van der Waals surface area (Å²) < 4.78 is 5.59. The lowest BCUT2D eigenvalue weighted by Crippen LogP contribution is -2.47. The van der Waals surface area contributed by atoms with Crippen LogP contribution in [0.3, 0.4) is 0 Å². The average molecular weight is 307 g/mol. The van der Waals surface area contributed by atoms with Gasteiger partial charge in [0.2, 0.25) is 0 Å². The van der Waals surface area contributed by atoms with E-state index in [0.717, 1.165) is 18.8 Å². The van der Waals surface area contributed by atoms with Gasteiger partial charge < -0.3 is 9.72 Å². The van der Waals surface area contributed by atoms with Crippen LogP contribution in [-0.2, 0) is 4.74 Å². The summed E-state index contributed by atoms with van der Waals surface area (Å²) in [5.41, 5.74) is -0.478. The maximum Gasteiger partial charge on any atom is 0.410 e. The molecule has 1 fully saturated rings. The minimum Gasteiger partial charge on any atom is -0.444 e. The molecule has 0 bridgehead atoms. The highest BCUT2D eigenvalue weighted by Gasteiger charge is 2.41. The average Bonchev–Trinajstić information content (AvgIpc) is 2.92. The summed E-state index contributed by atoms with van der Waals surface area (Å²) in [7, 11) is 0. The molecule has 0 saturated carbocycles. The first-order valence-corrected chi connectivity index (χ1v) is 8.32. The Kier molecular flexibility index (Phi) is 5.14. The first kappa shape index (κ1) is 16.8. The number of carbonyl (C=O) groups is 1. The minimum atomic E-state index is -0.478. The van der Waals surface area contributed by atoms with E-state index in [9.17, 15) is 4.79 Å². The van der Waals surface area contributed by atoms with Crippen LogP contribution in [0.5, 0.6) is 0 Å². The van der Waals surface area contributed by atoms with Gasteiger partial charge in [-0.15, -0.1) is 0 Å². The second-order valence-electron chi connectivity index (χ2n) is 7.29. The number of nitrogens with one attached hydrogen (secondary N) is 1. The maximum absolute atomic E-state index is 12.6. The van der Waals surface area contributed by atoms with Gasteiger partial charge in [-0.2, -0.15) is 0 Å². The fourth-order valence-electron chi connectivity index (χ4n) is 3.39. The molecule has 3 unspecified atom stereocenters. The SMILES string of the molecule is CCCC1CCN(C(=O)OC(C)(C)C)C(c2ncc[nH]2)C1C. The van der Waals surface area contributed by atoms with Crippen molar-refractivity contribution in [1.82, 2.24) is 14.9 Å². The highest BCUT2D eigenvalue weighted by Crippen LogP contribution is 2.40. The molecule has 0 spiro atoms. The fraction of sp³-hybridized carbons (Fsp3) is 0.765. The van der Waals surface area contributed by atoms with Gasteiger partial charge >= 0.3 is 6.09 Å². The molecule has 1 aliphatic rings. The van der Waals surface area contributed by atoms with E-state index in [2.05, 4.69) is 23.8 Å². The monoisotopic (exact) mass is 307 g/mol. The van der Waals surface area contributed by atoms with E-state index in [0.29, 0.717) is 11.8 Å². The van der Waals surface area contributed by atoms with Crippen LogP contribution in [-0.4, -0.2) is 33.1 Å². The van der Waals surface area contributed by atoms with Crippen molar-refractivity contribution in [2.24, 2.45) is 11.8 Å². The molecular weight excluding hydrogens is 278 g/mol. The first-order chi connectivity index (χ1) is 10.3. The largest absolute Gasteiger partial charge is 0.444 e. The Labute approximate surface area is 133 Å². The lowest BCUT2D eigenvalue weighted by atomic mass is 9.78. The molecule has 5 nitrogen and oxygen atoms in total. The van der Waals surface area contributed by atoms with Crippen molar-refractivity contribution in [3.63, 3.8) is 0 Å². The molecule has 1 amide bonds. The highest BCUT2D eigenvalue weighted by atomic mass is 16.6. The third-order valence-electron chi connectivity index (χ3n) is 4.41. The Bertz CT molecular complexity index is 479. The lowest BCUT2D eigenvalue weighted by molar-refractivity contribution is -0.0118. The number of hydrogen-bond donors (Lipinski definition) is 1. The van der Waals surface area contributed by atoms with Crippen LogP contribution in [0.15, 0.2) is 12.4 Å². The second-order valence-corrected chi connectivity index (χ2v) is 7.29. The number of aromatic amines is 1. The summed E-state index contributed by atoms with van der Waals surface area (Å²) in [4.78, 5) is 22.0. The van der Waals surface area contributed by atoms with E-state index in [1.165, 1.54) is 12.8 Å². The molecule has 2 rings (SSSR count). The summed E-state index contributed by atoms with van der Waals surface area (Å²) in [6.45, 7) is 10.9. The molecule has 0 aromatic carbocycles. The van der Waals surface area contributed by atoms with Crippen LogP contribution >= 0.6 is 0 Å². The number of ether oxygens (including phenoxy) is 1. The van der Waals surface area contributed by atoms with Gasteiger partial charge in [0.25, 0.3) is 0 Å². The van der Waals surface area contributed by atoms with Gasteiger partial charge in [-0.05, 0) is 39.0 Å². The quantitative estimate of drug-likeness (QED) is 0.913. The topological polar surface area (TPSA) is 58.2 Å². The normalized spacial score (nSPS) is 26.0. The van der Waals surface area contributed by atoms with Crippen molar-refractivity contribution in [1.29, 1.82) is 0 Å². The molecule has 124 valence electrons. The predicted molar refractivity (Wildman–Crippen MR) is 86.4 cm³/mol. The van der Waals surface area contributed by atoms with Crippen LogP contribution in [0.2, 0.25) is 0 Å². The van der Waals surface area contributed by atoms with Gasteiger partial charge in [-0.3, -0.25) is 4.90 Å². The molecule has 1 aromatic rings. The van der Waals surface area contributed by atoms with E-state index in [-0.39, 0.29) is 12.1 Å². The van der Waals surface area contributed by atoms with Crippen molar-refractivity contribution >= 4 is 6.09 Å². The van der Waals surface area contributed by atoms with Gasteiger partial charge in [0.15, 0.2) is 0 Å². The van der Waals surface area contributed by atoms with E-state index in [1.807, 2.05) is 31.9 Å². The minimum absolute atomic E-state index is 0.0323. The number of likely N-dealkylation sites (tertiary alicyclic amines) is 1. The van der Waals surface area contributed by atoms with Crippen LogP contribution in [0.4, 0.5) is 4.79 Å². The van der Waals surface area contributed by atoms with Gasteiger partial charge in [0.05, 0.1) is 6.04 Å².